The largest absolute Gasteiger partial charge is 0.339 e. The van der Waals surface area contributed by atoms with E-state index in [0.29, 0.717) is 13.1 Å². The summed E-state index contributed by atoms with van der Waals surface area (Å²) in [5.74, 6) is -1.20. The van der Waals surface area contributed by atoms with Gasteiger partial charge in [-0.3, -0.25) is 4.79 Å². The maximum absolute atomic E-state index is 14.2. The quantitative estimate of drug-likeness (QED) is 0.782. The summed E-state index contributed by atoms with van der Waals surface area (Å²) >= 11 is 0. The van der Waals surface area contributed by atoms with Gasteiger partial charge in [-0.05, 0) is 45.0 Å². The third-order valence-corrected chi connectivity index (χ3v) is 5.37. The fraction of sp³-hybridized carbons (Fsp3) is 0.533. The van der Waals surface area contributed by atoms with Gasteiger partial charge in [0.1, 0.15) is 5.82 Å². The minimum absolute atomic E-state index is 0. The predicted octanol–water partition coefficient (Wildman–Crippen LogP) is 1.37. The molecule has 1 unspecified atom stereocenters. The number of hydrogen-bond acceptors (Lipinski definition) is 4. The van der Waals surface area contributed by atoms with Gasteiger partial charge in [0.15, 0.2) is 0 Å². The Balaban J connectivity index is 0.00000288. The van der Waals surface area contributed by atoms with Crippen molar-refractivity contribution in [3.05, 3.63) is 29.6 Å². The third kappa shape index (κ3) is 4.89. The van der Waals surface area contributed by atoms with Gasteiger partial charge in [0.2, 0.25) is 10.0 Å². The van der Waals surface area contributed by atoms with Crippen LogP contribution in [0.3, 0.4) is 0 Å². The summed E-state index contributed by atoms with van der Waals surface area (Å²) in [5, 5.41) is 2.90. The average molecular weight is 380 g/mol. The van der Waals surface area contributed by atoms with Crippen LogP contribution in [0, 0.1) is 5.82 Å². The van der Waals surface area contributed by atoms with Crippen LogP contribution in [-0.2, 0) is 10.0 Å². The lowest BCUT2D eigenvalue weighted by Crippen LogP contribution is -2.37. The van der Waals surface area contributed by atoms with Crippen LogP contribution in [0.15, 0.2) is 23.1 Å². The number of amides is 1. The maximum Gasteiger partial charge on any atom is 0.256 e. The number of carbonyl (C=O) groups excluding carboxylic acids is 1. The van der Waals surface area contributed by atoms with Crippen molar-refractivity contribution in [2.24, 2.45) is 0 Å². The highest BCUT2D eigenvalue weighted by atomic mass is 35.5. The van der Waals surface area contributed by atoms with E-state index in [2.05, 4.69) is 10.0 Å². The van der Waals surface area contributed by atoms with Crippen molar-refractivity contribution in [1.82, 2.24) is 14.9 Å². The van der Waals surface area contributed by atoms with E-state index < -0.39 is 15.8 Å². The van der Waals surface area contributed by atoms with Crippen molar-refractivity contribution in [1.29, 1.82) is 0 Å². The highest BCUT2D eigenvalue weighted by Gasteiger charge is 2.24. The van der Waals surface area contributed by atoms with Gasteiger partial charge in [-0.25, -0.2) is 17.5 Å². The highest BCUT2D eigenvalue weighted by molar-refractivity contribution is 7.89. The Morgan fingerprint density at radius 2 is 1.96 bits per heavy atom. The topological polar surface area (TPSA) is 78.5 Å². The van der Waals surface area contributed by atoms with E-state index in [4.69, 9.17) is 0 Å². The maximum atomic E-state index is 14.2. The number of carbonyl (C=O) groups is 1. The van der Waals surface area contributed by atoms with Crippen molar-refractivity contribution < 1.29 is 17.6 Å². The fourth-order valence-corrected chi connectivity index (χ4v) is 3.49. The number of likely N-dealkylation sites (N-methyl/N-ethyl adjacent to an activating group) is 1. The molecular formula is C15H23ClFN3O3S. The van der Waals surface area contributed by atoms with Crippen molar-refractivity contribution in [2.75, 3.05) is 26.7 Å². The number of hydrogen-bond donors (Lipinski definition) is 2. The van der Waals surface area contributed by atoms with E-state index in [9.17, 15) is 17.6 Å². The minimum atomic E-state index is -3.80. The van der Waals surface area contributed by atoms with Crippen molar-refractivity contribution in [3.8, 4) is 0 Å². The molecule has 24 heavy (non-hydrogen) atoms. The lowest BCUT2D eigenvalue weighted by Gasteiger charge is -2.16. The van der Waals surface area contributed by atoms with Crippen LogP contribution in [0.5, 0.6) is 0 Å². The molecule has 1 amide bonds. The first kappa shape index (κ1) is 20.8. The summed E-state index contributed by atoms with van der Waals surface area (Å²) < 4.78 is 40.9. The summed E-state index contributed by atoms with van der Waals surface area (Å²) in [4.78, 5) is 13.6. The number of nitrogens with one attached hydrogen (secondary N) is 2. The van der Waals surface area contributed by atoms with E-state index in [-0.39, 0.29) is 41.4 Å². The van der Waals surface area contributed by atoms with Crippen LogP contribution in [0.2, 0.25) is 0 Å². The summed E-state index contributed by atoms with van der Waals surface area (Å²) in [6, 6.07) is 3.35. The molecule has 2 rings (SSSR count). The van der Waals surface area contributed by atoms with E-state index >= 15 is 0 Å². The number of likely N-dealkylation sites (tertiary alicyclic amines) is 1. The zero-order valence-electron chi connectivity index (χ0n) is 13.7. The average Bonchev–Trinajstić information content (AvgIpc) is 3.06. The molecule has 2 N–H and O–H groups in total. The van der Waals surface area contributed by atoms with Crippen LogP contribution in [0.25, 0.3) is 0 Å². The number of rotatable bonds is 6. The van der Waals surface area contributed by atoms with Crippen LogP contribution < -0.4 is 10.0 Å². The van der Waals surface area contributed by atoms with Gasteiger partial charge in [-0.2, -0.15) is 0 Å². The van der Waals surface area contributed by atoms with Crippen molar-refractivity contribution in [2.45, 2.75) is 30.7 Å². The SMILES string of the molecule is CNC(C)CNS(=O)(=O)c1ccc(C(=O)N2CCCC2)c(F)c1.Cl. The van der Waals surface area contributed by atoms with Gasteiger partial charge in [0, 0.05) is 25.7 Å². The van der Waals surface area contributed by atoms with Crippen molar-refractivity contribution >= 4 is 28.3 Å². The fourth-order valence-electron chi connectivity index (χ4n) is 2.35. The van der Waals surface area contributed by atoms with Crippen molar-refractivity contribution in [3.63, 3.8) is 0 Å². The number of sulfonamides is 1. The molecule has 0 bridgehead atoms. The molecule has 1 fully saturated rings. The van der Waals surface area contributed by atoms with Gasteiger partial charge < -0.3 is 10.2 Å². The van der Waals surface area contributed by atoms with Gasteiger partial charge in [-0.1, -0.05) is 0 Å². The summed E-state index contributed by atoms with van der Waals surface area (Å²) in [5.41, 5.74) is -0.0885. The van der Waals surface area contributed by atoms with Gasteiger partial charge >= 0.3 is 0 Å². The standard InChI is InChI=1S/C15H22FN3O3S.ClH/c1-11(17-2)10-18-23(21,22)12-5-6-13(14(16)9-12)15(20)19-7-3-4-8-19;/h5-6,9,11,17-18H,3-4,7-8,10H2,1-2H3;1H. The second-order valence-corrected chi connectivity index (χ2v) is 7.45. The Hall–Kier alpha value is -1.22. The zero-order valence-corrected chi connectivity index (χ0v) is 15.3. The Morgan fingerprint density at radius 1 is 1.33 bits per heavy atom. The molecule has 136 valence electrons. The van der Waals surface area contributed by atoms with E-state index in [1.54, 1.807) is 11.9 Å². The molecule has 0 saturated carbocycles. The molecule has 1 heterocycles. The molecule has 0 aliphatic carbocycles. The second kappa shape index (κ2) is 8.75. The predicted molar refractivity (Wildman–Crippen MR) is 92.5 cm³/mol. The highest BCUT2D eigenvalue weighted by Crippen LogP contribution is 2.19. The van der Waals surface area contributed by atoms with Crippen LogP contribution in [0.1, 0.15) is 30.1 Å². The molecule has 0 aromatic heterocycles. The number of nitrogens with zero attached hydrogens (tertiary/aromatic N) is 1. The molecule has 1 aliphatic heterocycles. The smallest absolute Gasteiger partial charge is 0.256 e. The Morgan fingerprint density at radius 3 is 2.50 bits per heavy atom. The molecule has 1 aromatic rings. The van der Waals surface area contributed by atoms with Gasteiger partial charge in [-0.15, -0.1) is 12.4 Å². The van der Waals surface area contributed by atoms with Gasteiger partial charge in [0.05, 0.1) is 10.5 Å². The van der Waals surface area contributed by atoms with E-state index in [0.717, 1.165) is 18.9 Å². The third-order valence-electron chi connectivity index (χ3n) is 3.95. The Bertz CT molecular complexity index is 679. The molecule has 1 atom stereocenters. The first-order valence-electron chi connectivity index (χ1n) is 7.61. The van der Waals surface area contributed by atoms with Crippen LogP contribution in [-0.4, -0.2) is 51.9 Å². The molecular weight excluding hydrogens is 357 g/mol. The Kier molecular flexibility index (Phi) is 7.59. The first-order valence-corrected chi connectivity index (χ1v) is 9.09. The summed E-state index contributed by atoms with van der Waals surface area (Å²) in [6.07, 6.45) is 1.82. The van der Waals surface area contributed by atoms with E-state index in [1.165, 1.54) is 12.1 Å². The van der Waals surface area contributed by atoms with Crippen LogP contribution >= 0.6 is 12.4 Å². The van der Waals surface area contributed by atoms with E-state index in [1.807, 2.05) is 6.92 Å². The lowest BCUT2D eigenvalue weighted by atomic mass is 10.2. The van der Waals surface area contributed by atoms with Crippen LogP contribution in [0.4, 0.5) is 4.39 Å². The molecule has 6 nitrogen and oxygen atoms in total. The minimum Gasteiger partial charge on any atom is -0.339 e. The Labute approximate surface area is 148 Å². The second-order valence-electron chi connectivity index (χ2n) is 5.68. The number of halogens is 2. The molecule has 9 heteroatoms. The molecule has 1 aromatic carbocycles. The zero-order chi connectivity index (χ0) is 17.0. The molecule has 0 radical (unpaired) electrons. The summed E-state index contributed by atoms with van der Waals surface area (Å²) in [7, 11) is -2.08. The first-order chi connectivity index (χ1) is 10.8. The summed E-state index contributed by atoms with van der Waals surface area (Å²) in [6.45, 7) is 3.24. The normalized spacial score (nSPS) is 15.9. The molecule has 1 aliphatic rings. The molecule has 1 saturated heterocycles. The van der Waals surface area contributed by atoms with Gasteiger partial charge in [0.25, 0.3) is 5.91 Å². The number of benzene rings is 1. The monoisotopic (exact) mass is 379 g/mol. The lowest BCUT2D eigenvalue weighted by molar-refractivity contribution is 0.0788. The molecule has 0 spiro atoms.